The third-order valence-electron chi connectivity index (χ3n) is 3.06. The third kappa shape index (κ3) is 3.86. The van der Waals surface area contributed by atoms with Crippen molar-refractivity contribution >= 4 is 29.4 Å². The first kappa shape index (κ1) is 12.6. The molecular formula is C11H20N2OS2. The van der Waals surface area contributed by atoms with Crippen LogP contribution in [0.3, 0.4) is 0 Å². The van der Waals surface area contributed by atoms with Crippen LogP contribution in [-0.2, 0) is 4.79 Å². The van der Waals surface area contributed by atoms with Gasteiger partial charge < -0.3 is 10.6 Å². The normalized spacial score (nSPS) is 31.0. The zero-order valence-corrected chi connectivity index (χ0v) is 11.2. The molecule has 2 saturated heterocycles. The second kappa shape index (κ2) is 6.77. The largest absolute Gasteiger partial charge is 0.355 e. The molecule has 0 aromatic rings. The fourth-order valence-electron chi connectivity index (χ4n) is 2.09. The molecule has 2 aliphatic heterocycles. The van der Waals surface area contributed by atoms with E-state index in [2.05, 4.69) is 10.6 Å². The zero-order chi connectivity index (χ0) is 11.2. The molecule has 0 aromatic heterocycles. The summed E-state index contributed by atoms with van der Waals surface area (Å²) in [5, 5.41) is 7.02. The molecule has 2 rings (SSSR count). The Bertz CT molecular complexity index is 226. The summed E-state index contributed by atoms with van der Waals surface area (Å²) in [7, 11) is 0. The smallest absolute Gasteiger partial charge is 0.224 e. The first-order valence-corrected chi connectivity index (χ1v) is 8.24. The quantitative estimate of drug-likeness (QED) is 0.793. The van der Waals surface area contributed by atoms with Gasteiger partial charge >= 0.3 is 0 Å². The van der Waals surface area contributed by atoms with Gasteiger partial charge in [0.15, 0.2) is 0 Å². The maximum absolute atomic E-state index is 11.9. The lowest BCUT2D eigenvalue weighted by atomic mass is 9.99. The van der Waals surface area contributed by atoms with Gasteiger partial charge in [0.1, 0.15) is 0 Å². The summed E-state index contributed by atoms with van der Waals surface area (Å²) < 4.78 is 0. The second-order valence-corrected chi connectivity index (χ2v) is 6.91. The van der Waals surface area contributed by atoms with Crippen LogP contribution in [0.2, 0.25) is 0 Å². The lowest BCUT2D eigenvalue weighted by molar-refractivity contribution is -0.125. The standard InChI is InChI=1S/C11H20N2OS2/c14-11(9-2-1-3-12-6-9)13-7-10-8-15-4-5-16-10/h9-10,12H,1-8H2,(H,13,14)/t9-,10?/m1/s1. The molecular weight excluding hydrogens is 240 g/mol. The van der Waals surface area contributed by atoms with Gasteiger partial charge in [0, 0.05) is 35.6 Å². The number of piperidine rings is 1. The van der Waals surface area contributed by atoms with Gasteiger partial charge in [-0.15, -0.1) is 0 Å². The lowest BCUT2D eigenvalue weighted by Crippen LogP contribution is -2.43. The number of amides is 1. The third-order valence-corrected chi connectivity index (χ3v) is 5.90. The van der Waals surface area contributed by atoms with E-state index in [1.54, 1.807) is 0 Å². The van der Waals surface area contributed by atoms with E-state index >= 15 is 0 Å². The van der Waals surface area contributed by atoms with E-state index in [1.807, 2.05) is 23.5 Å². The van der Waals surface area contributed by atoms with Crippen LogP contribution >= 0.6 is 23.5 Å². The maximum atomic E-state index is 11.9. The van der Waals surface area contributed by atoms with Crippen LogP contribution in [0.25, 0.3) is 0 Å². The zero-order valence-electron chi connectivity index (χ0n) is 9.54. The molecule has 2 N–H and O–H groups in total. The van der Waals surface area contributed by atoms with Gasteiger partial charge in [-0.25, -0.2) is 0 Å². The monoisotopic (exact) mass is 260 g/mol. The van der Waals surface area contributed by atoms with Crippen LogP contribution in [0.1, 0.15) is 12.8 Å². The fourth-order valence-corrected chi connectivity index (χ4v) is 4.70. The molecule has 2 aliphatic rings. The summed E-state index contributed by atoms with van der Waals surface area (Å²) in [6, 6.07) is 0. The second-order valence-electron chi connectivity index (χ2n) is 4.36. The Labute approximate surface area is 106 Å². The number of carbonyl (C=O) groups excluding carboxylic acids is 1. The summed E-state index contributed by atoms with van der Waals surface area (Å²) in [6.45, 7) is 2.78. The van der Waals surface area contributed by atoms with Crippen LogP contribution < -0.4 is 10.6 Å². The summed E-state index contributed by atoms with van der Waals surface area (Å²) in [5.74, 6) is 4.14. The van der Waals surface area contributed by atoms with Crippen molar-refractivity contribution in [3.05, 3.63) is 0 Å². The Kier molecular flexibility index (Phi) is 5.32. The first-order valence-electron chi connectivity index (χ1n) is 6.04. The molecule has 0 radical (unpaired) electrons. The molecule has 0 aliphatic carbocycles. The van der Waals surface area contributed by atoms with Crippen LogP contribution in [-0.4, -0.2) is 48.0 Å². The Morgan fingerprint density at radius 2 is 2.38 bits per heavy atom. The number of rotatable bonds is 3. The number of hydrogen-bond acceptors (Lipinski definition) is 4. The highest BCUT2D eigenvalue weighted by Gasteiger charge is 2.22. The van der Waals surface area contributed by atoms with Crippen LogP contribution in [0.5, 0.6) is 0 Å². The molecule has 2 fully saturated rings. The van der Waals surface area contributed by atoms with Gasteiger partial charge in [-0.3, -0.25) is 4.79 Å². The average Bonchev–Trinajstić information content (AvgIpc) is 2.38. The molecule has 0 aromatic carbocycles. The topological polar surface area (TPSA) is 41.1 Å². The predicted molar refractivity (Wildman–Crippen MR) is 72.2 cm³/mol. The molecule has 0 bridgehead atoms. The summed E-state index contributed by atoms with van der Waals surface area (Å²) in [5.41, 5.74) is 0. The summed E-state index contributed by atoms with van der Waals surface area (Å²) in [6.07, 6.45) is 2.18. The van der Waals surface area contributed by atoms with Gasteiger partial charge in [-0.2, -0.15) is 23.5 Å². The molecule has 2 atom stereocenters. The molecule has 0 saturated carbocycles. The minimum absolute atomic E-state index is 0.204. The van der Waals surface area contributed by atoms with E-state index in [9.17, 15) is 4.79 Å². The van der Waals surface area contributed by atoms with E-state index < -0.39 is 0 Å². The lowest BCUT2D eigenvalue weighted by Gasteiger charge is -2.25. The SMILES string of the molecule is O=C(NCC1CSCCS1)[C@@H]1CCCNC1. The summed E-state index contributed by atoms with van der Waals surface area (Å²) in [4.78, 5) is 11.9. The Morgan fingerprint density at radius 3 is 3.06 bits per heavy atom. The maximum Gasteiger partial charge on any atom is 0.224 e. The molecule has 3 nitrogen and oxygen atoms in total. The molecule has 0 spiro atoms. The average molecular weight is 260 g/mol. The minimum Gasteiger partial charge on any atom is -0.355 e. The highest BCUT2D eigenvalue weighted by atomic mass is 32.2. The van der Waals surface area contributed by atoms with Gasteiger partial charge in [0.2, 0.25) is 5.91 Å². The van der Waals surface area contributed by atoms with Crippen LogP contribution in [0, 0.1) is 5.92 Å². The van der Waals surface area contributed by atoms with Crippen molar-refractivity contribution in [1.82, 2.24) is 10.6 Å². The van der Waals surface area contributed by atoms with E-state index in [4.69, 9.17) is 0 Å². The Morgan fingerprint density at radius 1 is 1.44 bits per heavy atom. The number of carbonyl (C=O) groups is 1. The molecule has 92 valence electrons. The van der Waals surface area contributed by atoms with Crippen molar-refractivity contribution in [3.63, 3.8) is 0 Å². The number of thioether (sulfide) groups is 2. The molecule has 1 amide bonds. The van der Waals surface area contributed by atoms with E-state index in [-0.39, 0.29) is 11.8 Å². The van der Waals surface area contributed by atoms with Gasteiger partial charge in [0.25, 0.3) is 0 Å². The molecule has 1 unspecified atom stereocenters. The predicted octanol–water partition coefficient (Wildman–Crippen LogP) is 0.951. The number of hydrogen-bond donors (Lipinski definition) is 2. The van der Waals surface area contributed by atoms with Crippen molar-refractivity contribution in [2.75, 3.05) is 36.9 Å². The first-order chi connectivity index (χ1) is 7.86. The van der Waals surface area contributed by atoms with E-state index in [0.29, 0.717) is 5.25 Å². The molecule has 16 heavy (non-hydrogen) atoms. The van der Waals surface area contributed by atoms with Crippen molar-refractivity contribution < 1.29 is 4.79 Å². The number of nitrogens with one attached hydrogen (secondary N) is 2. The molecule has 5 heteroatoms. The van der Waals surface area contributed by atoms with Gasteiger partial charge in [0.05, 0.1) is 5.92 Å². The van der Waals surface area contributed by atoms with E-state index in [0.717, 1.165) is 32.5 Å². The Balaban J connectivity index is 1.65. The van der Waals surface area contributed by atoms with E-state index in [1.165, 1.54) is 17.3 Å². The van der Waals surface area contributed by atoms with Crippen molar-refractivity contribution in [1.29, 1.82) is 0 Å². The van der Waals surface area contributed by atoms with Crippen molar-refractivity contribution in [3.8, 4) is 0 Å². The van der Waals surface area contributed by atoms with Gasteiger partial charge in [-0.1, -0.05) is 0 Å². The fraction of sp³-hybridized carbons (Fsp3) is 0.909. The van der Waals surface area contributed by atoms with Gasteiger partial charge in [-0.05, 0) is 19.4 Å². The highest BCUT2D eigenvalue weighted by molar-refractivity contribution is 8.06. The summed E-state index contributed by atoms with van der Waals surface area (Å²) >= 11 is 4.01. The van der Waals surface area contributed by atoms with Crippen LogP contribution in [0.15, 0.2) is 0 Å². The van der Waals surface area contributed by atoms with Crippen LogP contribution in [0.4, 0.5) is 0 Å². The van der Waals surface area contributed by atoms with Crippen molar-refractivity contribution in [2.45, 2.75) is 18.1 Å². The van der Waals surface area contributed by atoms with Crippen molar-refractivity contribution in [2.24, 2.45) is 5.92 Å². The highest BCUT2D eigenvalue weighted by Crippen LogP contribution is 2.23. The molecule has 2 heterocycles. The Hall–Kier alpha value is 0.130. The minimum atomic E-state index is 0.204.